The van der Waals surface area contributed by atoms with Crippen LogP contribution in [-0.2, 0) is 9.59 Å². The van der Waals surface area contributed by atoms with E-state index < -0.39 is 6.04 Å². The number of imidazole rings is 1. The second-order valence-electron chi connectivity index (χ2n) is 7.86. The molecule has 4 rings (SSSR count). The van der Waals surface area contributed by atoms with E-state index in [1.165, 1.54) is 6.92 Å². The van der Waals surface area contributed by atoms with E-state index in [0.717, 1.165) is 0 Å². The average molecular weight is 450 g/mol. The number of benzene rings is 2. The molecule has 1 aliphatic heterocycles. The number of ketones is 1. The molecule has 0 bridgehead atoms. The molecule has 9 nitrogen and oxygen atoms in total. The summed E-state index contributed by atoms with van der Waals surface area (Å²) in [5, 5.41) is 2.69. The number of nitrogens with one attached hydrogen (secondary N) is 2. The number of aromatic nitrogens is 2. The number of hydrogen-bond donors (Lipinski definition) is 3. The van der Waals surface area contributed by atoms with Crippen LogP contribution in [0.3, 0.4) is 0 Å². The lowest BCUT2D eigenvalue weighted by atomic mass is 9.97. The summed E-state index contributed by atoms with van der Waals surface area (Å²) >= 11 is 0. The molecule has 0 saturated heterocycles. The van der Waals surface area contributed by atoms with Gasteiger partial charge in [0.25, 0.3) is 5.91 Å². The maximum absolute atomic E-state index is 13.0. The third-order valence-electron chi connectivity index (χ3n) is 5.56. The smallest absolute Gasteiger partial charge is 0.327 e. The number of H-pyrrole nitrogens is 1. The van der Waals surface area contributed by atoms with Gasteiger partial charge in [-0.3, -0.25) is 14.2 Å². The van der Waals surface area contributed by atoms with Gasteiger partial charge in [0.1, 0.15) is 23.9 Å². The van der Waals surface area contributed by atoms with Gasteiger partial charge >= 0.3 is 5.69 Å². The summed E-state index contributed by atoms with van der Waals surface area (Å²) in [6.07, 6.45) is 0. The second kappa shape index (κ2) is 8.85. The number of carbonyl (C=O) groups excluding carboxylic acids is 2. The number of nitrogens with zero attached hydrogens (tertiary/aromatic N) is 1. The highest BCUT2D eigenvalue weighted by atomic mass is 16.5. The second-order valence-corrected chi connectivity index (χ2v) is 7.86. The Bertz CT molecular complexity index is 1330. The zero-order chi connectivity index (χ0) is 23.7. The standard InChI is InChI=1S/C24H26N4O5/c1-4-26-20(30)12-32-19-8-6-5-7-15(19)18-11-33-23-16(21(13(2)25)14(3)29)9-10-17-22(23)28(18)24(31)27-17/h5-10,18H,4,11-12,25H2,1-3H3,(H,26,30)(H,27,31). The zero-order valence-corrected chi connectivity index (χ0v) is 18.7. The number of likely N-dealkylation sites (N-methyl/N-ethyl adjacent to an activating group) is 1. The number of ether oxygens (including phenoxy) is 2. The monoisotopic (exact) mass is 450 g/mol. The molecule has 1 amide bonds. The first-order valence-electron chi connectivity index (χ1n) is 10.7. The Morgan fingerprint density at radius 2 is 2.00 bits per heavy atom. The van der Waals surface area contributed by atoms with Crippen molar-refractivity contribution in [2.45, 2.75) is 26.8 Å². The lowest BCUT2D eigenvalue weighted by Gasteiger charge is -2.28. The van der Waals surface area contributed by atoms with E-state index >= 15 is 0 Å². The number of para-hydroxylation sites is 1. The lowest BCUT2D eigenvalue weighted by Crippen LogP contribution is -2.32. The molecule has 2 heterocycles. The van der Waals surface area contributed by atoms with Gasteiger partial charge in [-0.2, -0.15) is 0 Å². The van der Waals surface area contributed by atoms with Crippen molar-refractivity contribution >= 4 is 28.3 Å². The molecule has 2 aromatic carbocycles. The van der Waals surface area contributed by atoms with Crippen molar-refractivity contribution in [1.82, 2.24) is 14.9 Å². The molecule has 0 spiro atoms. The third kappa shape index (κ3) is 3.97. The minimum atomic E-state index is -0.497. The van der Waals surface area contributed by atoms with Crippen LogP contribution in [0.2, 0.25) is 0 Å². The molecular weight excluding hydrogens is 424 g/mol. The first-order valence-corrected chi connectivity index (χ1v) is 10.7. The van der Waals surface area contributed by atoms with Crippen LogP contribution in [-0.4, -0.2) is 41.0 Å². The van der Waals surface area contributed by atoms with E-state index in [0.29, 0.717) is 51.5 Å². The molecule has 1 aromatic heterocycles. The number of allylic oxidation sites excluding steroid dienone is 2. The number of nitrogens with two attached hydrogens (primary N) is 1. The fraction of sp³-hybridized carbons (Fsp3) is 0.292. The minimum absolute atomic E-state index is 0.132. The highest BCUT2D eigenvalue weighted by molar-refractivity contribution is 6.21. The van der Waals surface area contributed by atoms with Gasteiger partial charge in [0.15, 0.2) is 18.1 Å². The molecule has 1 aliphatic rings. The quantitative estimate of drug-likeness (QED) is 0.473. The normalized spacial score (nSPS) is 15.5. The van der Waals surface area contributed by atoms with Crippen molar-refractivity contribution in [2.75, 3.05) is 19.8 Å². The van der Waals surface area contributed by atoms with Crippen molar-refractivity contribution in [2.24, 2.45) is 5.73 Å². The van der Waals surface area contributed by atoms with Crippen LogP contribution < -0.4 is 26.2 Å². The Morgan fingerprint density at radius 1 is 1.24 bits per heavy atom. The summed E-state index contributed by atoms with van der Waals surface area (Å²) in [6, 6.07) is 10.2. The van der Waals surface area contributed by atoms with Gasteiger partial charge in [-0.15, -0.1) is 0 Å². The maximum atomic E-state index is 13.0. The molecule has 0 fully saturated rings. The van der Waals surface area contributed by atoms with Gasteiger partial charge in [-0.05, 0) is 39.0 Å². The molecule has 3 aromatic rings. The summed E-state index contributed by atoms with van der Waals surface area (Å²) in [4.78, 5) is 40.0. The van der Waals surface area contributed by atoms with E-state index in [9.17, 15) is 14.4 Å². The van der Waals surface area contributed by atoms with Crippen molar-refractivity contribution in [3.8, 4) is 11.5 Å². The van der Waals surface area contributed by atoms with Crippen molar-refractivity contribution in [1.29, 1.82) is 0 Å². The van der Waals surface area contributed by atoms with Crippen LogP contribution in [0, 0.1) is 0 Å². The molecular formula is C24H26N4O5. The van der Waals surface area contributed by atoms with Gasteiger partial charge in [0, 0.05) is 28.9 Å². The first kappa shape index (κ1) is 22.2. The highest BCUT2D eigenvalue weighted by Gasteiger charge is 2.31. The average Bonchev–Trinajstić information content (AvgIpc) is 3.11. The number of aromatic amines is 1. The molecule has 4 N–H and O–H groups in total. The summed E-state index contributed by atoms with van der Waals surface area (Å²) in [5.74, 6) is 0.493. The van der Waals surface area contributed by atoms with Crippen LogP contribution in [0.4, 0.5) is 0 Å². The van der Waals surface area contributed by atoms with Crippen LogP contribution in [0.1, 0.15) is 37.9 Å². The fourth-order valence-electron chi connectivity index (χ4n) is 4.25. The molecule has 9 heteroatoms. The molecule has 1 unspecified atom stereocenters. The highest BCUT2D eigenvalue weighted by Crippen LogP contribution is 2.41. The van der Waals surface area contributed by atoms with Crippen LogP contribution in [0.5, 0.6) is 11.5 Å². The Morgan fingerprint density at radius 3 is 2.70 bits per heavy atom. The largest absolute Gasteiger partial charge is 0.488 e. The summed E-state index contributed by atoms with van der Waals surface area (Å²) in [6.45, 7) is 5.44. The van der Waals surface area contributed by atoms with E-state index in [2.05, 4.69) is 10.3 Å². The van der Waals surface area contributed by atoms with Crippen LogP contribution in [0.25, 0.3) is 16.6 Å². The van der Waals surface area contributed by atoms with Gasteiger partial charge in [0.05, 0.1) is 5.52 Å². The maximum Gasteiger partial charge on any atom is 0.327 e. The summed E-state index contributed by atoms with van der Waals surface area (Å²) in [7, 11) is 0. The molecule has 0 radical (unpaired) electrons. The number of amides is 1. The minimum Gasteiger partial charge on any atom is -0.488 e. The SMILES string of the molecule is CCNC(=O)COc1ccccc1C1COc2c(C(C(C)=O)=C(C)N)ccc3[nH]c(=O)n1c23. The predicted molar refractivity (Wildman–Crippen MR) is 124 cm³/mol. The Balaban J connectivity index is 1.83. The number of carbonyl (C=O) groups is 2. The van der Waals surface area contributed by atoms with Crippen LogP contribution >= 0.6 is 0 Å². The topological polar surface area (TPSA) is 128 Å². The third-order valence-corrected chi connectivity index (χ3v) is 5.56. The Kier molecular flexibility index (Phi) is 5.95. The zero-order valence-electron chi connectivity index (χ0n) is 18.7. The predicted octanol–water partition coefficient (Wildman–Crippen LogP) is 2.10. The van der Waals surface area contributed by atoms with Crippen LogP contribution in [0.15, 0.2) is 46.9 Å². The van der Waals surface area contributed by atoms with E-state index in [1.807, 2.05) is 19.1 Å². The van der Waals surface area contributed by atoms with Gasteiger partial charge < -0.3 is 25.5 Å². The molecule has 33 heavy (non-hydrogen) atoms. The lowest BCUT2D eigenvalue weighted by molar-refractivity contribution is -0.123. The summed E-state index contributed by atoms with van der Waals surface area (Å²) < 4.78 is 13.5. The number of hydrogen-bond acceptors (Lipinski definition) is 6. The van der Waals surface area contributed by atoms with Crippen molar-refractivity contribution in [3.05, 3.63) is 63.7 Å². The molecule has 0 saturated carbocycles. The van der Waals surface area contributed by atoms with E-state index in [1.54, 1.807) is 35.8 Å². The van der Waals surface area contributed by atoms with E-state index in [4.69, 9.17) is 15.2 Å². The number of rotatable bonds is 7. The van der Waals surface area contributed by atoms with Gasteiger partial charge in [-0.1, -0.05) is 18.2 Å². The van der Waals surface area contributed by atoms with E-state index in [-0.39, 0.29) is 30.6 Å². The molecule has 1 atom stereocenters. The summed E-state index contributed by atoms with van der Waals surface area (Å²) in [5.41, 5.74) is 8.80. The van der Waals surface area contributed by atoms with Crippen molar-refractivity contribution in [3.63, 3.8) is 0 Å². The Hall–Kier alpha value is -4.01. The molecule has 0 aliphatic carbocycles. The van der Waals surface area contributed by atoms with Gasteiger partial charge in [0.2, 0.25) is 0 Å². The fourth-order valence-corrected chi connectivity index (χ4v) is 4.25. The first-order chi connectivity index (χ1) is 15.8. The van der Waals surface area contributed by atoms with Gasteiger partial charge in [-0.25, -0.2) is 4.79 Å². The number of Topliss-reactive ketones (excluding diaryl/α,β-unsaturated/α-hetero) is 1. The molecule has 172 valence electrons. The van der Waals surface area contributed by atoms with Crippen molar-refractivity contribution < 1.29 is 19.1 Å². The Labute approximate surface area is 190 Å².